The van der Waals surface area contributed by atoms with Crippen molar-refractivity contribution in [1.82, 2.24) is 15.1 Å². The molecule has 2 N–H and O–H groups in total. The van der Waals surface area contributed by atoms with Crippen molar-refractivity contribution in [2.45, 2.75) is 124 Å². The Kier molecular flexibility index (Phi) is 17.1. The number of esters is 1. The zero-order valence-electron chi connectivity index (χ0n) is 33.6. The van der Waals surface area contributed by atoms with E-state index in [1.54, 1.807) is 77.3 Å². The lowest BCUT2D eigenvalue weighted by Gasteiger charge is -2.30. The number of aliphatic imine (C=N–C) groups is 1. The minimum atomic E-state index is -0.996. The van der Waals surface area contributed by atoms with Crippen LogP contribution in [-0.4, -0.2) is 118 Å². The lowest BCUT2D eigenvalue weighted by atomic mass is 10.1. The first kappa shape index (κ1) is 45.3. The number of carbonyl (C=O) groups excluding carboxylic acids is 4. The molecular formula is C38H62N4O10S. The molecule has 0 fully saturated rings. The Morgan fingerprint density at radius 1 is 0.830 bits per heavy atom. The van der Waals surface area contributed by atoms with Crippen LogP contribution >= 0.6 is 11.8 Å². The Labute approximate surface area is 319 Å². The molecule has 1 aromatic carbocycles. The van der Waals surface area contributed by atoms with Crippen LogP contribution in [0.3, 0.4) is 0 Å². The number of ether oxygens (including phenoxy) is 5. The summed E-state index contributed by atoms with van der Waals surface area (Å²) in [5.74, 6) is 0.515. The Balaban J connectivity index is 1.95. The summed E-state index contributed by atoms with van der Waals surface area (Å²) in [6.45, 7) is 22.0. The molecule has 1 aliphatic heterocycles. The maximum absolute atomic E-state index is 13.2. The molecule has 1 aliphatic rings. The van der Waals surface area contributed by atoms with Crippen molar-refractivity contribution in [3.8, 4) is 11.5 Å². The van der Waals surface area contributed by atoms with Gasteiger partial charge in [0.25, 0.3) is 0 Å². The molecule has 15 heteroatoms. The number of phenols is 1. The standard InChI is InChI=1S/C38H62N4O10S/c1-12-48-31(44)38(11)26-53-30(40-38)28-18-17-27(25-29(28)43)49-24-14-13-20-41(33(46)51-36(5,6)7)22-16-23-42(34(47)52-37(8,9)10)21-15-19-39-32(45)50-35(2,3)4/h17-18,25,43H,12-16,19-24,26H2,1-11H3,(H,39,45)/t38-/m1/s1. The molecule has 1 aromatic rings. The molecule has 0 bridgehead atoms. The summed E-state index contributed by atoms with van der Waals surface area (Å²) < 4.78 is 27.6. The van der Waals surface area contributed by atoms with Gasteiger partial charge in [-0.2, -0.15) is 0 Å². The second kappa shape index (κ2) is 20.0. The number of nitrogens with zero attached hydrogens (tertiary/aromatic N) is 3. The minimum Gasteiger partial charge on any atom is -0.507 e. The Morgan fingerprint density at radius 3 is 1.91 bits per heavy atom. The second-order valence-electron chi connectivity index (χ2n) is 16.0. The van der Waals surface area contributed by atoms with Crippen molar-refractivity contribution in [2.24, 2.45) is 4.99 Å². The number of amides is 3. The lowest BCUT2D eigenvalue weighted by molar-refractivity contribution is -0.147. The predicted octanol–water partition coefficient (Wildman–Crippen LogP) is 7.15. The number of carbonyl (C=O) groups is 4. The van der Waals surface area contributed by atoms with E-state index in [-0.39, 0.29) is 12.4 Å². The number of hydrogen-bond acceptors (Lipinski definition) is 12. The maximum atomic E-state index is 13.2. The number of alkyl carbamates (subject to hydrolysis) is 1. The van der Waals surface area contributed by atoms with E-state index in [1.165, 1.54) is 17.8 Å². The molecule has 0 aromatic heterocycles. The highest BCUT2D eigenvalue weighted by atomic mass is 32.2. The van der Waals surface area contributed by atoms with Crippen molar-refractivity contribution >= 4 is 41.1 Å². The number of hydrogen-bond donors (Lipinski definition) is 2. The number of thioether (sulfide) groups is 1. The van der Waals surface area contributed by atoms with Gasteiger partial charge >= 0.3 is 24.2 Å². The fourth-order valence-corrected chi connectivity index (χ4v) is 6.07. The van der Waals surface area contributed by atoms with Crippen LogP contribution in [0.25, 0.3) is 0 Å². The van der Waals surface area contributed by atoms with Crippen molar-refractivity contribution in [2.75, 3.05) is 51.7 Å². The summed E-state index contributed by atoms with van der Waals surface area (Å²) in [6.07, 6.45) is 0.758. The van der Waals surface area contributed by atoms with Crippen LogP contribution in [0.15, 0.2) is 23.2 Å². The summed E-state index contributed by atoms with van der Waals surface area (Å²) >= 11 is 1.39. The van der Waals surface area contributed by atoms with Gasteiger partial charge in [0.1, 0.15) is 33.3 Å². The highest BCUT2D eigenvalue weighted by molar-refractivity contribution is 8.14. The van der Waals surface area contributed by atoms with E-state index in [9.17, 15) is 24.3 Å². The number of nitrogens with one attached hydrogen (secondary N) is 1. The Hall–Kier alpha value is -3.88. The Morgan fingerprint density at radius 2 is 1.38 bits per heavy atom. The summed E-state index contributed by atoms with van der Waals surface area (Å²) in [7, 11) is 0. The molecule has 300 valence electrons. The maximum Gasteiger partial charge on any atom is 0.410 e. The van der Waals surface area contributed by atoms with Gasteiger partial charge in [0, 0.05) is 50.1 Å². The highest BCUT2D eigenvalue weighted by Gasteiger charge is 2.40. The largest absolute Gasteiger partial charge is 0.507 e. The number of benzene rings is 1. The van der Waals surface area contributed by atoms with E-state index in [2.05, 4.69) is 10.3 Å². The molecule has 0 radical (unpaired) electrons. The van der Waals surface area contributed by atoms with Crippen LogP contribution < -0.4 is 10.1 Å². The second-order valence-corrected chi connectivity index (χ2v) is 17.0. The third kappa shape index (κ3) is 17.2. The number of aromatic hydroxyl groups is 1. The third-order valence-corrected chi connectivity index (χ3v) is 8.57. The average Bonchev–Trinajstić information content (AvgIpc) is 3.41. The average molecular weight is 767 g/mol. The van der Waals surface area contributed by atoms with Gasteiger partial charge in [0.15, 0.2) is 5.54 Å². The van der Waals surface area contributed by atoms with Crippen LogP contribution in [0.4, 0.5) is 14.4 Å². The smallest absolute Gasteiger partial charge is 0.410 e. The minimum absolute atomic E-state index is 0.00214. The monoisotopic (exact) mass is 766 g/mol. The molecule has 3 amide bonds. The van der Waals surface area contributed by atoms with Crippen molar-refractivity contribution < 1.29 is 48.0 Å². The zero-order valence-corrected chi connectivity index (χ0v) is 34.4. The highest BCUT2D eigenvalue weighted by Crippen LogP contribution is 2.36. The summed E-state index contributed by atoms with van der Waals surface area (Å²) in [5.41, 5.74) is -2.46. The lowest BCUT2D eigenvalue weighted by Crippen LogP contribution is -2.42. The van der Waals surface area contributed by atoms with Crippen LogP contribution in [0.2, 0.25) is 0 Å². The van der Waals surface area contributed by atoms with Gasteiger partial charge in [-0.05, 0) is 114 Å². The first-order valence-electron chi connectivity index (χ1n) is 18.3. The van der Waals surface area contributed by atoms with E-state index in [0.717, 1.165) is 0 Å². The van der Waals surface area contributed by atoms with Crippen molar-refractivity contribution in [1.29, 1.82) is 0 Å². The molecule has 1 atom stereocenters. The molecule has 0 aliphatic carbocycles. The summed E-state index contributed by atoms with van der Waals surface area (Å²) in [6, 6.07) is 4.99. The van der Waals surface area contributed by atoms with Gasteiger partial charge in [-0.15, -0.1) is 11.8 Å². The Bertz CT molecular complexity index is 1420. The van der Waals surface area contributed by atoms with E-state index in [4.69, 9.17) is 23.7 Å². The predicted molar refractivity (Wildman–Crippen MR) is 206 cm³/mol. The van der Waals surface area contributed by atoms with Gasteiger partial charge in [-0.1, -0.05) is 0 Å². The van der Waals surface area contributed by atoms with E-state index in [1.807, 2.05) is 20.8 Å². The van der Waals surface area contributed by atoms with Crippen LogP contribution in [0.5, 0.6) is 11.5 Å². The van der Waals surface area contributed by atoms with Crippen molar-refractivity contribution in [3.05, 3.63) is 23.8 Å². The fourth-order valence-electron chi connectivity index (χ4n) is 4.87. The third-order valence-electron chi connectivity index (χ3n) is 7.28. The normalized spacial score (nSPS) is 15.9. The summed E-state index contributed by atoms with van der Waals surface area (Å²) in [5, 5.41) is 14.0. The molecule has 0 saturated carbocycles. The topological polar surface area (TPSA) is 166 Å². The first-order valence-corrected chi connectivity index (χ1v) is 19.3. The number of phenolic OH excluding ortho intramolecular Hbond substituents is 1. The van der Waals surface area contributed by atoms with Crippen molar-refractivity contribution in [3.63, 3.8) is 0 Å². The molecule has 0 unspecified atom stereocenters. The van der Waals surface area contributed by atoms with Gasteiger partial charge in [0.2, 0.25) is 0 Å². The molecule has 53 heavy (non-hydrogen) atoms. The molecular weight excluding hydrogens is 705 g/mol. The van der Waals surface area contributed by atoms with Crippen LogP contribution in [-0.2, 0) is 23.7 Å². The fraction of sp³-hybridized carbons (Fsp3) is 0.711. The SMILES string of the molecule is CCOC(=O)[C@@]1(C)CSC(c2ccc(OCCCCN(CCCN(CCCNC(=O)OC(C)(C)C)C(=O)OC(C)(C)C)C(=O)OC(C)(C)C)cc2O)=N1. The van der Waals surface area contributed by atoms with E-state index in [0.29, 0.717) is 87.1 Å². The van der Waals surface area contributed by atoms with Gasteiger partial charge in [-0.3, -0.25) is 4.99 Å². The van der Waals surface area contributed by atoms with E-state index >= 15 is 0 Å². The van der Waals surface area contributed by atoms with Gasteiger partial charge in [0.05, 0.1) is 13.2 Å². The molecule has 14 nitrogen and oxygen atoms in total. The van der Waals surface area contributed by atoms with E-state index < -0.39 is 46.6 Å². The number of rotatable bonds is 17. The van der Waals surface area contributed by atoms with Gasteiger partial charge in [-0.25, -0.2) is 19.2 Å². The quantitative estimate of drug-likeness (QED) is 0.0940. The molecule has 2 rings (SSSR count). The van der Waals surface area contributed by atoms with Crippen LogP contribution in [0, 0.1) is 0 Å². The zero-order chi connectivity index (χ0) is 40.0. The summed E-state index contributed by atoms with van der Waals surface area (Å²) in [4.78, 5) is 58.3. The molecule has 0 spiro atoms. The van der Waals surface area contributed by atoms with Gasteiger partial charge < -0.3 is 43.9 Å². The van der Waals surface area contributed by atoms with Crippen LogP contribution in [0.1, 0.15) is 107 Å². The molecule has 1 heterocycles. The first-order chi connectivity index (χ1) is 24.5. The number of unbranched alkanes of at least 4 members (excludes halogenated alkanes) is 1. The molecule has 0 saturated heterocycles.